The molecule has 5 aromatic rings. The van der Waals surface area contributed by atoms with E-state index in [4.69, 9.17) is 0 Å². The van der Waals surface area contributed by atoms with E-state index in [1.165, 1.54) is 12.3 Å². The third-order valence-corrected chi connectivity index (χ3v) is 6.96. The fourth-order valence-electron chi connectivity index (χ4n) is 4.20. The van der Waals surface area contributed by atoms with E-state index in [0.717, 1.165) is 0 Å². The topological polar surface area (TPSA) is 96.8 Å². The van der Waals surface area contributed by atoms with Crippen LogP contribution in [0.3, 0.4) is 0 Å². The van der Waals surface area contributed by atoms with Gasteiger partial charge in [-0.3, -0.25) is 19.2 Å². The lowest BCUT2D eigenvalue weighted by Gasteiger charge is -2.16. The maximum absolute atomic E-state index is 13.4. The van der Waals surface area contributed by atoms with E-state index < -0.39 is 28.3 Å². The number of aromatic nitrogens is 3. The van der Waals surface area contributed by atoms with Crippen molar-refractivity contribution in [3.05, 3.63) is 94.9 Å². The number of benzene rings is 3. The molecule has 184 valence electrons. The highest BCUT2D eigenvalue weighted by Gasteiger charge is 2.30. The molecule has 0 fully saturated rings. The number of H-pyrrole nitrogens is 1. The van der Waals surface area contributed by atoms with E-state index in [9.17, 15) is 26.4 Å². The summed E-state index contributed by atoms with van der Waals surface area (Å²) in [4.78, 5) is 12.9. The second-order valence-corrected chi connectivity index (χ2v) is 10.0. The van der Waals surface area contributed by atoms with Gasteiger partial charge < -0.3 is 0 Å². The first kappa shape index (κ1) is 23.6. The van der Waals surface area contributed by atoms with Crippen LogP contribution >= 0.6 is 0 Å². The van der Waals surface area contributed by atoms with Crippen LogP contribution in [0.15, 0.2) is 83.8 Å². The molecule has 0 saturated carbocycles. The summed E-state index contributed by atoms with van der Waals surface area (Å²) in [5.74, 6) is -0.247. The number of para-hydroxylation sites is 1. The molecule has 0 aliphatic carbocycles. The molecule has 5 rings (SSSR count). The Labute approximate surface area is 203 Å². The Bertz CT molecular complexity index is 1740. The summed E-state index contributed by atoms with van der Waals surface area (Å²) in [7, 11) is -3.79. The number of pyridine rings is 1. The van der Waals surface area contributed by atoms with Gasteiger partial charge in [-0.2, -0.15) is 18.3 Å². The van der Waals surface area contributed by atoms with Crippen molar-refractivity contribution in [2.24, 2.45) is 0 Å². The number of hydrogen-bond donors (Lipinski definition) is 2. The van der Waals surface area contributed by atoms with Crippen LogP contribution < -0.4 is 10.3 Å². The minimum Gasteiger partial charge on any atom is -0.298 e. The van der Waals surface area contributed by atoms with Crippen molar-refractivity contribution in [2.75, 3.05) is 4.72 Å². The van der Waals surface area contributed by atoms with Crippen LogP contribution in [-0.2, 0) is 22.3 Å². The predicted octanol–water partition coefficient (Wildman–Crippen LogP) is 5.05. The van der Waals surface area contributed by atoms with Gasteiger partial charge in [0.25, 0.3) is 5.56 Å². The number of rotatable bonds is 6. The lowest BCUT2D eigenvalue weighted by Crippen LogP contribution is -2.28. The molecule has 0 radical (unpaired) electrons. The van der Waals surface area contributed by atoms with Crippen LogP contribution in [0.25, 0.3) is 32.9 Å². The van der Waals surface area contributed by atoms with Gasteiger partial charge in [-0.25, -0.2) is 8.42 Å². The fraction of sp³-hybridized carbons (Fsp3) is 0.120. The number of anilines is 1. The number of nitrogens with zero attached hydrogens (tertiary/aromatic N) is 2. The number of halogens is 3. The van der Waals surface area contributed by atoms with Crippen molar-refractivity contribution >= 4 is 37.5 Å². The SMILES string of the molecule is O=c1c2cn[nH]c2c2ccc(-c3ccccc3NS(=O)(=O)Cc3ccccc3)cc2n1CC(F)(F)F. The highest BCUT2D eigenvalue weighted by atomic mass is 32.2. The van der Waals surface area contributed by atoms with Crippen molar-refractivity contribution in [2.45, 2.75) is 18.5 Å². The molecule has 0 aliphatic heterocycles. The fourth-order valence-corrected chi connectivity index (χ4v) is 5.42. The van der Waals surface area contributed by atoms with Crippen LogP contribution in [0.4, 0.5) is 18.9 Å². The average molecular weight is 513 g/mol. The van der Waals surface area contributed by atoms with Crippen LogP contribution in [0.5, 0.6) is 0 Å². The average Bonchev–Trinajstić information content (AvgIpc) is 3.32. The molecule has 2 aromatic heterocycles. The largest absolute Gasteiger partial charge is 0.406 e. The summed E-state index contributed by atoms with van der Waals surface area (Å²) < 4.78 is 69.0. The number of sulfonamides is 1. The van der Waals surface area contributed by atoms with Crippen molar-refractivity contribution in [1.29, 1.82) is 0 Å². The molecular formula is C25H19F3N4O3S. The van der Waals surface area contributed by atoms with Crippen LogP contribution in [-0.4, -0.2) is 29.4 Å². The maximum Gasteiger partial charge on any atom is 0.406 e. The van der Waals surface area contributed by atoms with E-state index >= 15 is 0 Å². The molecule has 2 N–H and O–H groups in total. The van der Waals surface area contributed by atoms with E-state index in [2.05, 4.69) is 14.9 Å². The zero-order chi connectivity index (χ0) is 25.5. The van der Waals surface area contributed by atoms with E-state index in [-0.39, 0.29) is 22.3 Å². The van der Waals surface area contributed by atoms with Gasteiger partial charge in [0.05, 0.1) is 34.1 Å². The van der Waals surface area contributed by atoms with Crippen molar-refractivity contribution < 1.29 is 21.6 Å². The standard InChI is InChI=1S/C25H19F3N4O3S/c26-25(27,28)15-32-22-12-17(10-11-19(22)23-20(24(32)33)13-29-30-23)18-8-4-5-9-21(18)31-36(34,35)14-16-6-2-1-3-7-16/h1-13,31H,14-15H2,(H,29,30). The van der Waals surface area contributed by atoms with Gasteiger partial charge in [-0.1, -0.05) is 60.7 Å². The molecule has 0 unspecified atom stereocenters. The van der Waals surface area contributed by atoms with Gasteiger partial charge in [0.2, 0.25) is 10.0 Å². The molecule has 36 heavy (non-hydrogen) atoms. The van der Waals surface area contributed by atoms with E-state index in [1.54, 1.807) is 66.7 Å². The zero-order valence-electron chi connectivity index (χ0n) is 18.6. The van der Waals surface area contributed by atoms with Crippen molar-refractivity contribution in [3.8, 4) is 11.1 Å². The van der Waals surface area contributed by atoms with Crippen LogP contribution in [0, 0.1) is 0 Å². The maximum atomic E-state index is 13.4. The first-order chi connectivity index (χ1) is 17.1. The number of hydrogen-bond acceptors (Lipinski definition) is 4. The molecule has 0 saturated heterocycles. The predicted molar refractivity (Wildman–Crippen MR) is 132 cm³/mol. The molecular weight excluding hydrogens is 493 g/mol. The summed E-state index contributed by atoms with van der Waals surface area (Å²) in [6.45, 7) is -1.47. The Morgan fingerprint density at radius 1 is 0.944 bits per heavy atom. The normalized spacial score (nSPS) is 12.3. The van der Waals surface area contributed by atoms with E-state index in [0.29, 0.717) is 32.2 Å². The molecule has 0 aliphatic rings. The molecule has 0 amide bonds. The number of fused-ring (bicyclic) bond motifs is 3. The zero-order valence-corrected chi connectivity index (χ0v) is 19.4. The monoisotopic (exact) mass is 512 g/mol. The Kier molecular flexibility index (Phi) is 5.79. The van der Waals surface area contributed by atoms with Crippen LogP contribution in [0.1, 0.15) is 5.56 Å². The van der Waals surface area contributed by atoms with Gasteiger partial charge in [-0.15, -0.1) is 0 Å². The summed E-state index contributed by atoms with van der Waals surface area (Å²) in [5, 5.41) is 6.94. The van der Waals surface area contributed by atoms with Crippen molar-refractivity contribution in [1.82, 2.24) is 14.8 Å². The number of nitrogens with one attached hydrogen (secondary N) is 2. The smallest absolute Gasteiger partial charge is 0.298 e. The highest BCUT2D eigenvalue weighted by molar-refractivity contribution is 7.91. The highest BCUT2D eigenvalue weighted by Crippen LogP contribution is 2.33. The molecule has 3 aromatic carbocycles. The van der Waals surface area contributed by atoms with Gasteiger partial charge in [0, 0.05) is 10.9 Å². The minimum absolute atomic E-state index is 0.0496. The third kappa shape index (κ3) is 4.69. The van der Waals surface area contributed by atoms with Crippen LogP contribution in [0.2, 0.25) is 0 Å². The Morgan fingerprint density at radius 2 is 1.67 bits per heavy atom. The first-order valence-electron chi connectivity index (χ1n) is 10.8. The summed E-state index contributed by atoms with van der Waals surface area (Å²) >= 11 is 0. The molecule has 7 nitrogen and oxygen atoms in total. The Morgan fingerprint density at radius 3 is 2.42 bits per heavy atom. The Balaban J connectivity index is 1.62. The second-order valence-electron chi connectivity index (χ2n) is 8.29. The lowest BCUT2D eigenvalue weighted by atomic mass is 10.0. The van der Waals surface area contributed by atoms with Gasteiger partial charge in [0.15, 0.2) is 0 Å². The molecule has 0 bridgehead atoms. The number of aromatic amines is 1. The second kappa shape index (κ2) is 8.83. The summed E-state index contributed by atoms with van der Waals surface area (Å²) in [5.41, 5.74) is 1.32. The van der Waals surface area contributed by atoms with Gasteiger partial charge in [0.1, 0.15) is 6.54 Å². The third-order valence-electron chi connectivity index (χ3n) is 5.71. The van der Waals surface area contributed by atoms with E-state index in [1.807, 2.05) is 0 Å². The summed E-state index contributed by atoms with van der Waals surface area (Å²) in [6, 6.07) is 19.9. The lowest BCUT2D eigenvalue weighted by molar-refractivity contribution is -0.140. The van der Waals surface area contributed by atoms with Gasteiger partial charge in [-0.05, 0) is 23.3 Å². The molecule has 2 heterocycles. The first-order valence-corrected chi connectivity index (χ1v) is 12.5. The molecule has 0 atom stereocenters. The Hall–Kier alpha value is -4.12. The number of alkyl halides is 3. The molecule has 11 heteroatoms. The summed E-state index contributed by atoms with van der Waals surface area (Å²) in [6.07, 6.45) is -3.43. The van der Waals surface area contributed by atoms with Crippen molar-refractivity contribution in [3.63, 3.8) is 0 Å². The molecule has 0 spiro atoms. The van der Waals surface area contributed by atoms with Gasteiger partial charge >= 0.3 is 6.18 Å². The quantitative estimate of drug-likeness (QED) is 0.333. The minimum atomic E-state index is -4.63.